The Balaban J connectivity index is 1.87. The summed E-state index contributed by atoms with van der Waals surface area (Å²) in [7, 11) is 1.69. The predicted octanol–water partition coefficient (Wildman–Crippen LogP) is 1.62. The van der Waals surface area contributed by atoms with Gasteiger partial charge in [0.1, 0.15) is 0 Å². The van der Waals surface area contributed by atoms with Gasteiger partial charge in [-0.2, -0.15) is 0 Å². The van der Waals surface area contributed by atoms with Crippen molar-refractivity contribution in [2.45, 2.75) is 19.9 Å². The molecule has 1 aliphatic rings. The molecule has 0 unspecified atom stereocenters. The van der Waals surface area contributed by atoms with E-state index >= 15 is 0 Å². The number of aromatic nitrogens is 1. The molecule has 0 bridgehead atoms. The van der Waals surface area contributed by atoms with Gasteiger partial charge in [0.15, 0.2) is 0 Å². The van der Waals surface area contributed by atoms with E-state index in [1.165, 1.54) is 31.6 Å². The Morgan fingerprint density at radius 1 is 1.22 bits per heavy atom. The van der Waals surface area contributed by atoms with Crippen LogP contribution in [0.15, 0.2) is 18.3 Å². The van der Waals surface area contributed by atoms with Crippen LogP contribution >= 0.6 is 0 Å². The smallest absolute Gasteiger partial charge is 0.217 e. The fourth-order valence-electron chi connectivity index (χ4n) is 2.46. The topological polar surface area (TPSA) is 28.6 Å². The summed E-state index contributed by atoms with van der Waals surface area (Å²) in [4.78, 5) is 9.26. The normalized spacial score (nSPS) is 17.9. The molecule has 0 amide bonds. The van der Waals surface area contributed by atoms with Gasteiger partial charge in [-0.25, -0.2) is 4.98 Å². The van der Waals surface area contributed by atoms with Crippen LogP contribution in [0, 0.1) is 0 Å². The van der Waals surface area contributed by atoms with Crippen LogP contribution in [0.1, 0.15) is 18.9 Å². The highest BCUT2D eigenvalue weighted by atomic mass is 16.5. The highest BCUT2D eigenvalue weighted by Crippen LogP contribution is 2.17. The summed E-state index contributed by atoms with van der Waals surface area (Å²) in [5, 5.41) is 0. The van der Waals surface area contributed by atoms with E-state index in [0.717, 1.165) is 25.5 Å². The Morgan fingerprint density at radius 2 is 1.94 bits per heavy atom. The van der Waals surface area contributed by atoms with E-state index < -0.39 is 0 Å². The number of piperazine rings is 1. The van der Waals surface area contributed by atoms with Crippen molar-refractivity contribution in [2.75, 3.05) is 39.8 Å². The number of pyridine rings is 1. The minimum atomic E-state index is 0.758. The molecular weight excluding hydrogens is 226 g/mol. The van der Waals surface area contributed by atoms with E-state index in [1.807, 2.05) is 6.07 Å². The van der Waals surface area contributed by atoms with E-state index in [9.17, 15) is 0 Å². The van der Waals surface area contributed by atoms with Crippen LogP contribution in [0.2, 0.25) is 0 Å². The summed E-state index contributed by atoms with van der Waals surface area (Å²) in [5.41, 5.74) is 1.18. The summed E-state index contributed by atoms with van der Waals surface area (Å²) in [5.74, 6) is 0.758. The van der Waals surface area contributed by atoms with Crippen LogP contribution in [0.5, 0.6) is 5.88 Å². The van der Waals surface area contributed by atoms with E-state index in [-0.39, 0.29) is 0 Å². The van der Waals surface area contributed by atoms with Gasteiger partial charge in [-0.15, -0.1) is 0 Å². The van der Waals surface area contributed by atoms with Gasteiger partial charge in [0, 0.05) is 44.5 Å². The summed E-state index contributed by atoms with van der Waals surface area (Å²) < 4.78 is 5.30. The Bertz CT molecular complexity index is 362. The van der Waals surface area contributed by atoms with Gasteiger partial charge in [-0.05, 0) is 19.0 Å². The molecule has 0 spiro atoms. The first-order valence-corrected chi connectivity index (χ1v) is 6.76. The molecule has 4 heteroatoms. The van der Waals surface area contributed by atoms with Gasteiger partial charge in [0.25, 0.3) is 0 Å². The second-order valence-electron chi connectivity index (χ2n) is 4.79. The lowest BCUT2D eigenvalue weighted by atomic mass is 10.2. The molecule has 0 radical (unpaired) electrons. The standard InChI is InChI=1S/C14H23N3O/c1-3-7-16-8-10-17(11-9-16)12-13-5-4-6-15-14(13)18-2/h4-6H,3,7-12H2,1-2H3. The minimum Gasteiger partial charge on any atom is -0.481 e. The number of rotatable bonds is 5. The van der Waals surface area contributed by atoms with Crippen molar-refractivity contribution >= 4 is 0 Å². The summed E-state index contributed by atoms with van der Waals surface area (Å²) in [6.07, 6.45) is 3.03. The molecule has 0 aliphatic carbocycles. The molecule has 0 saturated carbocycles. The number of hydrogen-bond donors (Lipinski definition) is 0. The lowest BCUT2D eigenvalue weighted by Gasteiger charge is -2.34. The van der Waals surface area contributed by atoms with E-state index in [1.54, 1.807) is 13.3 Å². The van der Waals surface area contributed by atoms with E-state index in [4.69, 9.17) is 4.74 Å². The van der Waals surface area contributed by atoms with Crippen LogP contribution < -0.4 is 4.74 Å². The van der Waals surface area contributed by atoms with Gasteiger partial charge in [-0.1, -0.05) is 13.0 Å². The lowest BCUT2D eigenvalue weighted by Crippen LogP contribution is -2.46. The van der Waals surface area contributed by atoms with E-state index in [0.29, 0.717) is 0 Å². The second-order valence-corrected chi connectivity index (χ2v) is 4.79. The first-order chi connectivity index (χ1) is 8.83. The van der Waals surface area contributed by atoms with Crippen LogP contribution in [-0.4, -0.2) is 54.6 Å². The molecule has 1 aromatic rings. The molecule has 0 aromatic carbocycles. The van der Waals surface area contributed by atoms with Gasteiger partial charge in [0.2, 0.25) is 5.88 Å². The van der Waals surface area contributed by atoms with E-state index in [2.05, 4.69) is 27.8 Å². The van der Waals surface area contributed by atoms with Crippen molar-refractivity contribution in [1.29, 1.82) is 0 Å². The molecule has 1 fully saturated rings. The second kappa shape index (κ2) is 6.71. The fraction of sp³-hybridized carbons (Fsp3) is 0.643. The third-order valence-electron chi connectivity index (χ3n) is 3.44. The minimum absolute atomic E-state index is 0.758. The van der Waals surface area contributed by atoms with Gasteiger partial charge in [-0.3, -0.25) is 4.90 Å². The third-order valence-corrected chi connectivity index (χ3v) is 3.44. The zero-order valence-electron chi connectivity index (χ0n) is 11.4. The van der Waals surface area contributed by atoms with Crippen molar-refractivity contribution < 1.29 is 4.74 Å². The molecule has 4 nitrogen and oxygen atoms in total. The van der Waals surface area contributed by atoms with Crippen LogP contribution in [-0.2, 0) is 6.54 Å². The average molecular weight is 249 g/mol. The summed E-state index contributed by atoms with van der Waals surface area (Å²) >= 11 is 0. The maximum Gasteiger partial charge on any atom is 0.217 e. The fourth-order valence-corrected chi connectivity index (χ4v) is 2.46. The Kier molecular flexibility index (Phi) is 4.96. The molecule has 2 rings (SSSR count). The highest BCUT2D eigenvalue weighted by molar-refractivity contribution is 5.25. The molecule has 100 valence electrons. The molecule has 0 N–H and O–H groups in total. The van der Waals surface area contributed by atoms with Crippen molar-refractivity contribution in [2.24, 2.45) is 0 Å². The van der Waals surface area contributed by atoms with Crippen molar-refractivity contribution in [3.63, 3.8) is 0 Å². The lowest BCUT2D eigenvalue weighted by molar-refractivity contribution is 0.126. The first-order valence-electron chi connectivity index (χ1n) is 6.76. The number of hydrogen-bond acceptors (Lipinski definition) is 4. The molecule has 18 heavy (non-hydrogen) atoms. The molecular formula is C14H23N3O. The quantitative estimate of drug-likeness (QED) is 0.793. The number of methoxy groups -OCH3 is 1. The van der Waals surface area contributed by atoms with Crippen LogP contribution in [0.3, 0.4) is 0 Å². The summed E-state index contributed by atoms with van der Waals surface area (Å²) in [6.45, 7) is 9.04. The summed E-state index contributed by atoms with van der Waals surface area (Å²) in [6, 6.07) is 4.08. The number of ether oxygens (including phenoxy) is 1. The van der Waals surface area contributed by atoms with Gasteiger partial charge >= 0.3 is 0 Å². The first kappa shape index (κ1) is 13.3. The largest absolute Gasteiger partial charge is 0.481 e. The molecule has 2 heterocycles. The predicted molar refractivity (Wildman–Crippen MR) is 72.8 cm³/mol. The zero-order valence-corrected chi connectivity index (χ0v) is 11.4. The van der Waals surface area contributed by atoms with Crippen molar-refractivity contribution in [1.82, 2.24) is 14.8 Å². The van der Waals surface area contributed by atoms with Crippen LogP contribution in [0.25, 0.3) is 0 Å². The Labute approximate surface area is 110 Å². The maximum absolute atomic E-state index is 5.30. The molecule has 1 aliphatic heterocycles. The SMILES string of the molecule is CCCN1CCN(Cc2cccnc2OC)CC1. The van der Waals surface area contributed by atoms with Crippen molar-refractivity contribution in [3.05, 3.63) is 23.9 Å². The zero-order chi connectivity index (χ0) is 12.8. The highest BCUT2D eigenvalue weighted by Gasteiger charge is 2.17. The Hall–Kier alpha value is -1.13. The number of nitrogens with zero attached hydrogens (tertiary/aromatic N) is 3. The average Bonchev–Trinajstić information content (AvgIpc) is 2.42. The van der Waals surface area contributed by atoms with Gasteiger partial charge in [0.05, 0.1) is 7.11 Å². The van der Waals surface area contributed by atoms with Crippen LogP contribution in [0.4, 0.5) is 0 Å². The maximum atomic E-state index is 5.30. The molecule has 1 aromatic heterocycles. The van der Waals surface area contributed by atoms with Crippen molar-refractivity contribution in [3.8, 4) is 5.88 Å². The monoisotopic (exact) mass is 249 g/mol. The Morgan fingerprint density at radius 3 is 2.61 bits per heavy atom. The molecule has 1 saturated heterocycles. The molecule has 0 atom stereocenters. The third kappa shape index (κ3) is 3.43. The van der Waals surface area contributed by atoms with Gasteiger partial charge < -0.3 is 9.64 Å².